The lowest BCUT2D eigenvalue weighted by atomic mass is 10.1. The maximum absolute atomic E-state index is 11.6. The first kappa shape index (κ1) is 15.7. The van der Waals surface area contributed by atoms with Gasteiger partial charge in [0.2, 0.25) is 5.78 Å². The topological polar surface area (TPSA) is 76.4 Å². The van der Waals surface area contributed by atoms with E-state index in [-0.39, 0.29) is 0 Å². The van der Waals surface area contributed by atoms with E-state index in [0.29, 0.717) is 0 Å². The molecule has 114 valence electrons. The SMILES string of the molecule is CCCn1cc(/C=C/C(=O)CC(=O)C(=O)O)c2ccccc21. The molecule has 0 aliphatic heterocycles. The quantitative estimate of drug-likeness (QED) is 0.484. The molecule has 22 heavy (non-hydrogen) atoms. The fourth-order valence-corrected chi connectivity index (χ4v) is 2.31. The number of aryl methyl sites for hydroxylation is 1. The second-order valence-electron chi connectivity index (χ2n) is 5.00. The van der Waals surface area contributed by atoms with Gasteiger partial charge in [-0.15, -0.1) is 0 Å². The normalized spacial score (nSPS) is 11.1. The highest BCUT2D eigenvalue weighted by molar-refractivity contribution is 6.37. The molecule has 5 nitrogen and oxygen atoms in total. The van der Waals surface area contributed by atoms with Crippen LogP contribution in [0.1, 0.15) is 25.3 Å². The van der Waals surface area contributed by atoms with Crippen LogP contribution in [0.2, 0.25) is 0 Å². The lowest BCUT2D eigenvalue weighted by molar-refractivity contribution is -0.149. The van der Waals surface area contributed by atoms with Crippen LogP contribution in [-0.2, 0) is 20.9 Å². The van der Waals surface area contributed by atoms with Crippen LogP contribution in [0.5, 0.6) is 0 Å². The molecule has 0 atom stereocenters. The molecule has 1 N–H and O–H groups in total. The number of rotatable bonds is 7. The van der Waals surface area contributed by atoms with Crippen LogP contribution in [-0.4, -0.2) is 27.2 Å². The van der Waals surface area contributed by atoms with Crippen LogP contribution in [0, 0.1) is 0 Å². The number of ketones is 2. The fraction of sp³-hybridized carbons (Fsp3) is 0.235. The van der Waals surface area contributed by atoms with Crippen molar-refractivity contribution in [1.29, 1.82) is 0 Å². The molecule has 2 aromatic rings. The zero-order valence-electron chi connectivity index (χ0n) is 12.3. The summed E-state index contributed by atoms with van der Waals surface area (Å²) in [5.41, 5.74) is 1.96. The summed E-state index contributed by atoms with van der Waals surface area (Å²) in [6, 6.07) is 7.86. The number of carboxylic acids is 1. The molecule has 0 saturated heterocycles. The number of aliphatic carboxylic acids is 1. The molecule has 1 aromatic carbocycles. The molecule has 2 rings (SSSR count). The van der Waals surface area contributed by atoms with E-state index in [1.165, 1.54) is 6.08 Å². The summed E-state index contributed by atoms with van der Waals surface area (Å²) in [5, 5.41) is 9.51. The zero-order valence-corrected chi connectivity index (χ0v) is 12.3. The molecular formula is C17H17NO4. The predicted molar refractivity (Wildman–Crippen MR) is 83.5 cm³/mol. The van der Waals surface area contributed by atoms with Gasteiger partial charge in [0.25, 0.3) is 0 Å². The minimum absolute atomic E-state index is 0.514. The molecule has 1 heterocycles. The number of benzene rings is 1. The number of carbonyl (C=O) groups is 3. The van der Waals surface area contributed by atoms with Crippen molar-refractivity contribution in [3.63, 3.8) is 0 Å². The molecule has 0 amide bonds. The van der Waals surface area contributed by atoms with Gasteiger partial charge in [0.15, 0.2) is 5.78 Å². The molecule has 0 saturated carbocycles. The number of carbonyl (C=O) groups excluding carboxylic acids is 2. The Morgan fingerprint density at radius 1 is 1.23 bits per heavy atom. The minimum atomic E-state index is -1.58. The Balaban J connectivity index is 2.24. The number of carboxylic acid groups (broad SMARTS) is 1. The summed E-state index contributed by atoms with van der Waals surface area (Å²) in [6.07, 6.45) is 5.23. The van der Waals surface area contributed by atoms with Crippen molar-refractivity contribution >= 4 is 34.5 Å². The van der Waals surface area contributed by atoms with Gasteiger partial charge in [0, 0.05) is 29.2 Å². The standard InChI is InChI=1S/C17H17NO4/c1-2-9-18-11-12(14-5-3-4-6-15(14)18)7-8-13(19)10-16(20)17(21)22/h3-8,11H,2,9-10H2,1H3,(H,21,22)/b8-7+. The van der Waals surface area contributed by atoms with Gasteiger partial charge in [0.05, 0.1) is 6.42 Å². The molecule has 0 unspecified atom stereocenters. The van der Waals surface area contributed by atoms with Crippen molar-refractivity contribution in [3.8, 4) is 0 Å². The predicted octanol–water partition coefficient (Wildman–Crippen LogP) is 2.68. The van der Waals surface area contributed by atoms with E-state index >= 15 is 0 Å². The number of para-hydroxylation sites is 1. The zero-order chi connectivity index (χ0) is 16.1. The molecule has 0 bridgehead atoms. The summed E-state index contributed by atoms with van der Waals surface area (Å²) < 4.78 is 2.11. The Morgan fingerprint density at radius 3 is 2.64 bits per heavy atom. The summed E-state index contributed by atoms with van der Waals surface area (Å²) in [7, 11) is 0. The third-order valence-corrected chi connectivity index (χ3v) is 3.31. The Bertz CT molecular complexity index is 755. The third kappa shape index (κ3) is 3.49. The molecule has 0 fully saturated rings. The Labute approximate surface area is 127 Å². The Morgan fingerprint density at radius 2 is 1.95 bits per heavy atom. The second-order valence-corrected chi connectivity index (χ2v) is 5.00. The molecule has 1 aromatic heterocycles. The summed E-state index contributed by atoms with van der Waals surface area (Å²) in [4.78, 5) is 33.1. The number of Topliss-reactive ketones (excluding diaryl/α,β-unsaturated/α-hetero) is 1. The average molecular weight is 299 g/mol. The Hall–Kier alpha value is -2.69. The Kier molecular flexibility index (Phi) is 4.88. The highest BCUT2D eigenvalue weighted by atomic mass is 16.4. The molecule has 5 heteroatoms. The van der Waals surface area contributed by atoms with Crippen LogP contribution in [0.3, 0.4) is 0 Å². The van der Waals surface area contributed by atoms with Gasteiger partial charge in [-0.05, 0) is 24.6 Å². The smallest absolute Gasteiger partial charge is 0.372 e. The molecular weight excluding hydrogens is 282 g/mol. The monoisotopic (exact) mass is 299 g/mol. The second kappa shape index (κ2) is 6.85. The number of hydrogen-bond donors (Lipinski definition) is 1. The van der Waals surface area contributed by atoms with Crippen LogP contribution in [0.15, 0.2) is 36.5 Å². The molecule has 0 aliphatic carbocycles. The van der Waals surface area contributed by atoms with Gasteiger partial charge in [-0.1, -0.05) is 25.1 Å². The van der Waals surface area contributed by atoms with Crippen LogP contribution < -0.4 is 0 Å². The van der Waals surface area contributed by atoms with Crippen molar-refractivity contribution in [3.05, 3.63) is 42.1 Å². The van der Waals surface area contributed by atoms with E-state index in [0.717, 1.165) is 29.4 Å². The first-order chi connectivity index (χ1) is 10.5. The van der Waals surface area contributed by atoms with Crippen molar-refractivity contribution < 1.29 is 19.5 Å². The first-order valence-electron chi connectivity index (χ1n) is 7.07. The van der Waals surface area contributed by atoms with Crippen molar-refractivity contribution in [1.82, 2.24) is 4.57 Å². The van der Waals surface area contributed by atoms with Gasteiger partial charge in [-0.3, -0.25) is 9.59 Å². The van der Waals surface area contributed by atoms with Crippen LogP contribution in [0.25, 0.3) is 17.0 Å². The van der Waals surface area contributed by atoms with E-state index in [1.807, 2.05) is 30.5 Å². The minimum Gasteiger partial charge on any atom is -0.475 e. The number of nitrogens with zero attached hydrogens (tertiary/aromatic N) is 1. The van der Waals surface area contributed by atoms with E-state index in [2.05, 4.69) is 11.5 Å². The van der Waals surface area contributed by atoms with Gasteiger partial charge >= 0.3 is 5.97 Å². The van der Waals surface area contributed by atoms with Gasteiger partial charge < -0.3 is 9.67 Å². The summed E-state index contributed by atoms with van der Waals surface area (Å²) in [5.74, 6) is -3.19. The average Bonchev–Trinajstić information content (AvgIpc) is 2.84. The highest BCUT2D eigenvalue weighted by Gasteiger charge is 2.14. The number of aromatic nitrogens is 1. The van der Waals surface area contributed by atoms with Crippen molar-refractivity contribution in [2.75, 3.05) is 0 Å². The lowest BCUT2D eigenvalue weighted by Gasteiger charge is -2.01. The van der Waals surface area contributed by atoms with Crippen molar-refractivity contribution in [2.24, 2.45) is 0 Å². The van der Waals surface area contributed by atoms with E-state index in [1.54, 1.807) is 6.08 Å². The summed E-state index contributed by atoms with van der Waals surface area (Å²) >= 11 is 0. The molecule has 0 radical (unpaired) electrons. The van der Waals surface area contributed by atoms with Gasteiger partial charge in [-0.2, -0.15) is 0 Å². The van der Waals surface area contributed by atoms with E-state index < -0.39 is 24.0 Å². The molecule has 0 spiro atoms. The van der Waals surface area contributed by atoms with E-state index in [4.69, 9.17) is 5.11 Å². The van der Waals surface area contributed by atoms with Crippen molar-refractivity contribution in [2.45, 2.75) is 26.3 Å². The third-order valence-electron chi connectivity index (χ3n) is 3.31. The van der Waals surface area contributed by atoms with Gasteiger partial charge in [0.1, 0.15) is 0 Å². The number of hydrogen-bond acceptors (Lipinski definition) is 3. The number of allylic oxidation sites excluding steroid dienone is 1. The maximum atomic E-state index is 11.6. The maximum Gasteiger partial charge on any atom is 0.372 e. The van der Waals surface area contributed by atoms with Crippen LogP contribution >= 0.6 is 0 Å². The summed E-state index contributed by atoms with van der Waals surface area (Å²) in [6.45, 7) is 2.96. The van der Waals surface area contributed by atoms with Crippen LogP contribution in [0.4, 0.5) is 0 Å². The van der Waals surface area contributed by atoms with E-state index in [9.17, 15) is 14.4 Å². The lowest BCUT2D eigenvalue weighted by Crippen LogP contribution is -2.15. The fourth-order valence-electron chi connectivity index (χ4n) is 2.31. The molecule has 0 aliphatic rings. The van der Waals surface area contributed by atoms with Gasteiger partial charge in [-0.25, -0.2) is 4.79 Å². The highest BCUT2D eigenvalue weighted by Crippen LogP contribution is 2.22. The first-order valence-corrected chi connectivity index (χ1v) is 7.07. The largest absolute Gasteiger partial charge is 0.475 e. The number of fused-ring (bicyclic) bond motifs is 1.